The molecular formula is C12H14N2O. The average molecular weight is 202 g/mol. The molecule has 2 rings (SSSR count). The van der Waals surface area contributed by atoms with E-state index in [1.807, 2.05) is 32.9 Å². The lowest BCUT2D eigenvalue weighted by molar-refractivity contribution is 0.0988. The van der Waals surface area contributed by atoms with E-state index in [0.717, 1.165) is 27.7 Å². The van der Waals surface area contributed by atoms with Crippen molar-refractivity contribution in [3.05, 3.63) is 29.0 Å². The Morgan fingerprint density at radius 1 is 1.40 bits per heavy atom. The molecule has 0 atom stereocenters. The van der Waals surface area contributed by atoms with Crippen molar-refractivity contribution in [1.82, 2.24) is 10.2 Å². The van der Waals surface area contributed by atoms with Gasteiger partial charge >= 0.3 is 0 Å². The second-order valence-electron chi connectivity index (χ2n) is 3.81. The number of nitrogens with one attached hydrogen (secondary N) is 1. The summed E-state index contributed by atoms with van der Waals surface area (Å²) in [6.45, 7) is 5.83. The quantitative estimate of drug-likeness (QED) is 0.761. The van der Waals surface area contributed by atoms with Gasteiger partial charge in [0.25, 0.3) is 0 Å². The minimum absolute atomic E-state index is 0.181. The number of carbonyl (C=O) groups is 1. The Kier molecular flexibility index (Phi) is 2.31. The van der Waals surface area contributed by atoms with Crippen LogP contribution < -0.4 is 0 Å². The summed E-state index contributed by atoms with van der Waals surface area (Å²) in [7, 11) is 0. The smallest absolute Gasteiger partial charge is 0.162 e. The van der Waals surface area contributed by atoms with E-state index < -0.39 is 0 Å². The van der Waals surface area contributed by atoms with Gasteiger partial charge < -0.3 is 0 Å². The van der Waals surface area contributed by atoms with Gasteiger partial charge in [0.15, 0.2) is 5.78 Å². The highest BCUT2D eigenvalue weighted by Gasteiger charge is 2.10. The van der Waals surface area contributed by atoms with E-state index in [1.54, 1.807) is 0 Å². The zero-order valence-corrected chi connectivity index (χ0v) is 9.22. The van der Waals surface area contributed by atoms with Gasteiger partial charge in [-0.25, -0.2) is 0 Å². The van der Waals surface area contributed by atoms with E-state index in [9.17, 15) is 4.79 Å². The SMILES string of the molecule is CCC(=O)c1cc(C)c2n[nH]c(C)c2c1. The molecule has 0 amide bonds. The molecular weight excluding hydrogens is 188 g/mol. The molecule has 1 N–H and O–H groups in total. The Bertz CT molecular complexity index is 526. The standard InChI is InChI=1S/C12H14N2O/c1-4-11(15)9-5-7(2)12-10(6-9)8(3)13-14-12/h5-6H,4H2,1-3H3,(H,13,14). The maximum atomic E-state index is 11.6. The number of aromatic nitrogens is 2. The molecule has 0 aliphatic carbocycles. The minimum Gasteiger partial charge on any atom is -0.294 e. The maximum absolute atomic E-state index is 11.6. The molecule has 0 aliphatic heterocycles. The second kappa shape index (κ2) is 3.50. The van der Waals surface area contributed by atoms with Gasteiger partial charge in [0.2, 0.25) is 0 Å². The Balaban J connectivity index is 2.70. The van der Waals surface area contributed by atoms with Gasteiger partial charge in [0.05, 0.1) is 5.52 Å². The Morgan fingerprint density at radius 2 is 2.13 bits per heavy atom. The zero-order chi connectivity index (χ0) is 11.0. The van der Waals surface area contributed by atoms with Crippen LogP contribution in [0.1, 0.15) is 35.0 Å². The van der Waals surface area contributed by atoms with Crippen molar-refractivity contribution < 1.29 is 4.79 Å². The lowest BCUT2D eigenvalue weighted by Gasteiger charge is -2.01. The van der Waals surface area contributed by atoms with Gasteiger partial charge in [-0.15, -0.1) is 0 Å². The zero-order valence-electron chi connectivity index (χ0n) is 9.22. The molecule has 1 heterocycles. The van der Waals surface area contributed by atoms with Gasteiger partial charge in [0.1, 0.15) is 0 Å². The van der Waals surface area contributed by atoms with Crippen LogP contribution >= 0.6 is 0 Å². The largest absolute Gasteiger partial charge is 0.294 e. The Hall–Kier alpha value is -1.64. The fourth-order valence-electron chi connectivity index (χ4n) is 1.78. The molecule has 3 heteroatoms. The number of hydrogen-bond acceptors (Lipinski definition) is 2. The number of aryl methyl sites for hydroxylation is 2. The third-order valence-electron chi connectivity index (χ3n) is 2.68. The predicted molar refractivity (Wildman–Crippen MR) is 60.2 cm³/mol. The van der Waals surface area contributed by atoms with Crippen molar-refractivity contribution in [3.63, 3.8) is 0 Å². The van der Waals surface area contributed by atoms with E-state index in [-0.39, 0.29) is 5.78 Å². The van der Waals surface area contributed by atoms with Crippen LogP contribution in [0.25, 0.3) is 10.9 Å². The fraction of sp³-hybridized carbons (Fsp3) is 0.333. The molecule has 0 fully saturated rings. The van der Waals surface area contributed by atoms with Crippen molar-refractivity contribution in [2.75, 3.05) is 0 Å². The highest BCUT2D eigenvalue weighted by Crippen LogP contribution is 2.21. The summed E-state index contributed by atoms with van der Waals surface area (Å²) in [5.41, 5.74) is 3.81. The van der Waals surface area contributed by atoms with Crippen LogP contribution in [-0.2, 0) is 0 Å². The van der Waals surface area contributed by atoms with Gasteiger partial charge in [-0.1, -0.05) is 6.92 Å². The average Bonchev–Trinajstić information content (AvgIpc) is 2.60. The normalized spacial score (nSPS) is 10.9. The number of ketones is 1. The molecule has 2 aromatic rings. The van der Waals surface area contributed by atoms with Crippen LogP contribution in [0.2, 0.25) is 0 Å². The van der Waals surface area contributed by atoms with Crippen LogP contribution in [0, 0.1) is 13.8 Å². The summed E-state index contributed by atoms with van der Waals surface area (Å²) in [5, 5.41) is 8.20. The van der Waals surface area contributed by atoms with Crippen LogP contribution in [0.4, 0.5) is 0 Å². The van der Waals surface area contributed by atoms with Crippen molar-refractivity contribution in [2.45, 2.75) is 27.2 Å². The molecule has 0 spiro atoms. The number of aromatic amines is 1. The Labute approximate surface area is 88.5 Å². The molecule has 78 valence electrons. The Morgan fingerprint density at radius 3 is 2.80 bits per heavy atom. The summed E-state index contributed by atoms with van der Waals surface area (Å²) in [5.74, 6) is 0.181. The molecule has 0 bridgehead atoms. The van der Waals surface area contributed by atoms with Gasteiger partial charge in [-0.05, 0) is 31.5 Å². The van der Waals surface area contributed by atoms with E-state index in [0.29, 0.717) is 6.42 Å². The van der Waals surface area contributed by atoms with Crippen molar-refractivity contribution in [2.24, 2.45) is 0 Å². The lowest BCUT2D eigenvalue weighted by Crippen LogP contribution is -1.97. The summed E-state index contributed by atoms with van der Waals surface area (Å²) >= 11 is 0. The van der Waals surface area contributed by atoms with E-state index in [2.05, 4.69) is 10.2 Å². The molecule has 1 aromatic heterocycles. The summed E-state index contributed by atoms with van der Waals surface area (Å²) < 4.78 is 0. The highest BCUT2D eigenvalue weighted by molar-refractivity contribution is 6.00. The van der Waals surface area contributed by atoms with Crippen molar-refractivity contribution >= 4 is 16.7 Å². The first-order valence-corrected chi connectivity index (χ1v) is 5.12. The molecule has 0 unspecified atom stereocenters. The van der Waals surface area contributed by atoms with Crippen LogP contribution in [0.5, 0.6) is 0 Å². The third kappa shape index (κ3) is 1.54. The number of benzene rings is 1. The predicted octanol–water partition coefficient (Wildman–Crippen LogP) is 2.77. The first-order chi connectivity index (χ1) is 7.13. The third-order valence-corrected chi connectivity index (χ3v) is 2.68. The molecule has 3 nitrogen and oxygen atoms in total. The monoisotopic (exact) mass is 202 g/mol. The molecule has 0 saturated carbocycles. The van der Waals surface area contributed by atoms with Crippen molar-refractivity contribution in [1.29, 1.82) is 0 Å². The number of carbonyl (C=O) groups excluding carboxylic acids is 1. The molecule has 1 aromatic carbocycles. The number of H-pyrrole nitrogens is 1. The number of rotatable bonds is 2. The summed E-state index contributed by atoms with van der Waals surface area (Å²) in [4.78, 5) is 11.6. The van der Waals surface area contributed by atoms with Gasteiger partial charge in [-0.2, -0.15) is 5.10 Å². The van der Waals surface area contributed by atoms with E-state index in [4.69, 9.17) is 0 Å². The first kappa shape index (κ1) is 9.90. The number of fused-ring (bicyclic) bond motifs is 1. The highest BCUT2D eigenvalue weighted by atomic mass is 16.1. The topological polar surface area (TPSA) is 45.8 Å². The first-order valence-electron chi connectivity index (χ1n) is 5.12. The maximum Gasteiger partial charge on any atom is 0.162 e. The van der Waals surface area contributed by atoms with E-state index in [1.165, 1.54) is 0 Å². The molecule has 15 heavy (non-hydrogen) atoms. The summed E-state index contributed by atoms with van der Waals surface area (Å²) in [6, 6.07) is 3.83. The number of nitrogens with zero attached hydrogens (tertiary/aromatic N) is 1. The minimum atomic E-state index is 0.181. The van der Waals surface area contributed by atoms with Crippen molar-refractivity contribution in [3.8, 4) is 0 Å². The van der Waals surface area contributed by atoms with Gasteiger partial charge in [0, 0.05) is 23.1 Å². The van der Waals surface area contributed by atoms with Crippen LogP contribution in [0.3, 0.4) is 0 Å². The summed E-state index contributed by atoms with van der Waals surface area (Å²) in [6.07, 6.45) is 0.543. The van der Waals surface area contributed by atoms with Crippen LogP contribution in [0.15, 0.2) is 12.1 Å². The van der Waals surface area contributed by atoms with Gasteiger partial charge in [-0.3, -0.25) is 9.89 Å². The number of Topliss-reactive ketones (excluding diaryl/α,β-unsaturated/α-hetero) is 1. The number of hydrogen-bond donors (Lipinski definition) is 1. The lowest BCUT2D eigenvalue weighted by atomic mass is 10.0. The van der Waals surface area contributed by atoms with Crippen LogP contribution in [-0.4, -0.2) is 16.0 Å². The molecule has 0 radical (unpaired) electrons. The molecule has 0 saturated heterocycles. The fourth-order valence-corrected chi connectivity index (χ4v) is 1.78. The molecule has 0 aliphatic rings. The van der Waals surface area contributed by atoms with E-state index >= 15 is 0 Å². The second-order valence-corrected chi connectivity index (χ2v) is 3.81.